The number of hydrogen-bond acceptors (Lipinski definition) is 6. The van der Waals surface area contributed by atoms with Crippen LogP contribution >= 0.6 is 0 Å². The van der Waals surface area contributed by atoms with Crippen LogP contribution in [0.15, 0.2) is 36.7 Å². The fourth-order valence-corrected chi connectivity index (χ4v) is 4.14. The van der Waals surface area contributed by atoms with Gasteiger partial charge in [-0.05, 0) is 44.2 Å². The number of methoxy groups -OCH3 is 2. The van der Waals surface area contributed by atoms with Gasteiger partial charge >= 0.3 is 0 Å². The van der Waals surface area contributed by atoms with Gasteiger partial charge in [-0.3, -0.25) is 4.98 Å². The molecule has 164 valence electrons. The van der Waals surface area contributed by atoms with Crippen LogP contribution in [-0.2, 0) is 0 Å². The van der Waals surface area contributed by atoms with E-state index in [1.165, 1.54) is 0 Å². The van der Waals surface area contributed by atoms with Gasteiger partial charge in [0.05, 0.1) is 19.9 Å². The molecule has 31 heavy (non-hydrogen) atoms. The number of hydrogen-bond donors (Lipinski definition) is 1. The number of pyridine rings is 1. The van der Waals surface area contributed by atoms with Gasteiger partial charge < -0.3 is 14.8 Å². The molecule has 2 aliphatic carbocycles. The summed E-state index contributed by atoms with van der Waals surface area (Å²) < 4.78 is 26.1. The molecule has 1 unspecified atom stereocenters. The van der Waals surface area contributed by atoms with Crippen LogP contribution < -0.4 is 14.8 Å². The molecule has 0 saturated heterocycles. The summed E-state index contributed by atoms with van der Waals surface area (Å²) in [5.74, 6) is 2.53. The second kappa shape index (κ2) is 8.17. The molecule has 2 aliphatic rings. The monoisotopic (exact) mass is 425 g/mol. The first-order chi connectivity index (χ1) is 15.1. The standard InChI is InChI=1S/C23H26FN5O2.H2/c1-30-19-10-18(11-20(12-19)31-2)29-13-25-23(28-29)26-17-8-21(14-3-4-14)27-22(9-17)15-5-6-16(24)7-15;/h8-16H,3-7H2,1-2H3,(H,26,27,28);1H/t15?,16-;/m1./s1. The number of ether oxygens (including phenoxy) is 2. The lowest BCUT2D eigenvalue weighted by Crippen LogP contribution is -2.04. The Morgan fingerprint density at radius 3 is 2.26 bits per heavy atom. The van der Waals surface area contributed by atoms with Crippen molar-refractivity contribution in [3.63, 3.8) is 0 Å². The maximum Gasteiger partial charge on any atom is 0.246 e. The van der Waals surface area contributed by atoms with E-state index >= 15 is 0 Å². The van der Waals surface area contributed by atoms with Gasteiger partial charge in [-0.1, -0.05) is 0 Å². The molecular formula is C23H28FN5O2. The smallest absolute Gasteiger partial charge is 0.246 e. The van der Waals surface area contributed by atoms with Gasteiger partial charge in [-0.2, -0.15) is 4.98 Å². The minimum atomic E-state index is -0.718. The van der Waals surface area contributed by atoms with Crippen molar-refractivity contribution in [2.45, 2.75) is 50.1 Å². The number of benzene rings is 1. The van der Waals surface area contributed by atoms with Gasteiger partial charge in [0.1, 0.15) is 24.0 Å². The van der Waals surface area contributed by atoms with E-state index in [-0.39, 0.29) is 7.34 Å². The van der Waals surface area contributed by atoms with E-state index in [2.05, 4.69) is 21.5 Å². The van der Waals surface area contributed by atoms with E-state index in [9.17, 15) is 4.39 Å². The molecule has 0 aliphatic heterocycles. The quantitative estimate of drug-likeness (QED) is 0.564. The van der Waals surface area contributed by atoms with Crippen LogP contribution in [0.5, 0.6) is 11.5 Å². The van der Waals surface area contributed by atoms with E-state index in [0.717, 1.165) is 42.0 Å². The average molecular weight is 426 g/mol. The Morgan fingerprint density at radius 2 is 1.65 bits per heavy atom. The predicted octanol–water partition coefficient (Wildman–Crippen LogP) is 5.15. The average Bonchev–Trinajstić information content (AvgIpc) is 3.39. The van der Waals surface area contributed by atoms with Crippen LogP contribution in [0.2, 0.25) is 0 Å². The van der Waals surface area contributed by atoms with Gasteiger partial charge in [-0.25, -0.2) is 9.07 Å². The molecular weight excluding hydrogens is 397 g/mol. The van der Waals surface area contributed by atoms with E-state index in [1.807, 2.05) is 24.3 Å². The van der Waals surface area contributed by atoms with E-state index in [4.69, 9.17) is 14.5 Å². The molecule has 5 rings (SSSR count). The first-order valence-corrected chi connectivity index (χ1v) is 10.7. The van der Waals surface area contributed by atoms with Crippen molar-refractivity contribution in [2.75, 3.05) is 19.5 Å². The largest absolute Gasteiger partial charge is 0.497 e. The number of nitrogens with one attached hydrogen (secondary N) is 1. The van der Waals surface area contributed by atoms with Crippen molar-refractivity contribution in [2.24, 2.45) is 0 Å². The molecule has 1 aromatic carbocycles. The minimum absolute atomic E-state index is 0. The summed E-state index contributed by atoms with van der Waals surface area (Å²) in [5.41, 5.74) is 3.74. The Bertz CT molecular complexity index is 1070. The van der Waals surface area contributed by atoms with Crippen LogP contribution in [0.25, 0.3) is 5.69 Å². The predicted molar refractivity (Wildman–Crippen MR) is 118 cm³/mol. The molecule has 0 bridgehead atoms. The van der Waals surface area contributed by atoms with Gasteiger partial charge in [-0.15, -0.1) is 5.10 Å². The molecule has 1 N–H and O–H groups in total. The topological polar surface area (TPSA) is 74.1 Å². The van der Waals surface area contributed by atoms with Crippen LogP contribution in [-0.4, -0.2) is 40.1 Å². The molecule has 0 spiro atoms. The summed E-state index contributed by atoms with van der Waals surface area (Å²) in [4.78, 5) is 9.27. The van der Waals surface area contributed by atoms with E-state index in [0.29, 0.717) is 36.2 Å². The summed E-state index contributed by atoms with van der Waals surface area (Å²) in [6.45, 7) is 0. The number of aromatic nitrogens is 4. The highest BCUT2D eigenvalue weighted by Gasteiger charge is 2.30. The van der Waals surface area contributed by atoms with E-state index in [1.54, 1.807) is 25.2 Å². The van der Waals surface area contributed by atoms with Crippen molar-refractivity contribution >= 4 is 11.6 Å². The minimum Gasteiger partial charge on any atom is -0.497 e. The highest BCUT2D eigenvalue weighted by molar-refractivity contribution is 5.55. The summed E-state index contributed by atoms with van der Waals surface area (Å²) >= 11 is 0. The zero-order valence-corrected chi connectivity index (χ0v) is 17.7. The van der Waals surface area contributed by atoms with Crippen LogP contribution in [0.3, 0.4) is 0 Å². The normalized spacial score (nSPS) is 20.6. The number of nitrogens with zero attached hydrogens (tertiary/aromatic N) is 4. The van der Waals surface area contributed by atoms with Crippen molar-refractivity contribution < 1.29 is 15.3 Å². The lowest BCUT2D eigenvalue weighted by Gasteiger charge is -2.13. The Hall–Kier alpha value is -3.16. The molecule has 2 aromatic heterocycles. The first kappa shape index (κ1) is 19.8. The van der Waals surface area contributed by atoms with Gasteiger partial charge in [0.15, 0.2) is 0 Å². The summed E-state index contributed by atoms with van der Waals surface area (Å²) in [6, 6.07) is 9.62. The lowest BCUT2D eigenvalue weighted by atomic mass is 10.0. The van der Waals surface area contributed by atoms with Crippen LogP contribution in [0, 0.1) is 0 Å². The summed E-state index contributed by atoms with van der Waals surface area (Å²) in [5, 5.41) is 7.87. The Balaban J connectivity index is 0.00000245. The summed E-state index contributed by atoms with van der Waals surface area (Å²) in [6.07, 6.45) is 5.29. The van der Waals surface area contributed by atoms with Crippen LogP contribution in [0.4, 0.5) is 16.0 Å². The van der Waals surface area contributed by atoms with E-state index < -0.39 is 6.17 Å². The molecule has 8 heteroatoms. The number of alkyl halides is 1. The maximum atomic E-state index is 13.8. The third-order valence-electron chi connectivity index (χ3n) is 6.00. The third-order valence-corrected chi connectivity index (χ3v) is 6.00. The van der Waals surface area contributed by atoms with Crippen molar-refractivity contribution in [3.8, 4) is 17.2 Å². The fourth-order valence-electron chi connectivity index (χ4n) is 4.14. The van der Waals surface area contributed by atoms with Crippen molar-refractivity contribution in [1.29, 1.82) is 0 Å². The SMILES string of the molecule is COc1cc(OC)cc(-n2cnc(Nc3cc(C4CC4)nc(C4CC[C@@H](F)C4)c3)n2)c1.[HH]. The lowest BCUT2D eigenvalue weighted by molar-refractivity contribution is 0.339. The number of rotatable bonds is 7. The number of anilines is 2. The summed E-state index contributed by atoms with van der Waals surface area (Å²) in [7, 11) is 3.22. The first-order valence-electron chi connectivity index (χ1n) is 10.7. The fraction of sp³-hybridized carbons (Fsp3) is 0.435. The number of halogens is 1. The molecule has 2 atom stereocenters. The Kier molecular flexibility index (Phi) is 5.21. The highest BCUT2D eigenvalue weighted by Crippen LogP contribution is 2.42. The molecule has 2 heterocycles. The molecule has 0 amide bonds. The second-order valence-corrected chi connectivity index (χ2v) is 8.30. The molecule has 0 radical (unpaired) electrons. The van der Waals surface area contributed by atoms with Gasteiger partial charge in [0.2, 0.25) is 5.95 Å². The third kappa shape index (κ3) is 4.33. The molecule has 2 fully saturated rings. The van der Waals surface area contributed by atoms with Crippen molar-refractivity contribution in [3.05, 3.63) is 48.0 Å². The van der Waals surface area contributed by atoms with Gasteiger partial charge in [0.25, 0.3) is 0 Å². The maximum absolute atomic E-state index is 13.8. The van der Waals surface area contributed by atoms with Crippen LogP contribution in [0.1, 0.15) is 56.8 Å². The Morgan fingerprint density at radius 1 is 0.968 bits per heavy atom. The molecule has 7 nitrogen and oxygen atoms in total. The molecule has 2 saturated carbocycles. The Labute approximate surface area is 182 Å². The van der Waals surface area contributed by atoms with Gasteiger partial charge in [0, 0.05) is 48.5 Å². The highest BCUT2D eigenvalue weighted by atomic mass is 19.1. The second-order valence-electron chi connectivity index (χ2n) is 8.30. The zero-order valence-electron chi connectivity index (χ0n) is 17.7. The molecule has 3 aromatic rings. The zero-order chi connectivity index (χ0) is 21.4. The van der Waals surface area contributed by atoms with Crippen molar-refractivity contribution in [1.82, 2.24) is 19.7 Å².